The number of benzene rings is 1. The molecule has 1 fully saturated rings. The van der Waals surface area contributed by atoms with Crippen molar-refractivity contribution in [3.05, 3.63) is 35.1 Å². The minimum atomic E-state index is -1.23. The molecule has 0 unspecified atom stereocenters. The maximum absolute atomic E-state index is 13.7. The standard InChI is InChI=1S/C17H22FNO4/c18-15-11-12(17(21)22)7-8-14(15)16(20)19-9-4-10-23-13-5-2-1-3-6-13/h7-8,11,13H,1-6,9-10H2,(H,19,20)(H,21,22). The van der Waals surface area contributed by atoms with Crippen molar-refractivity contribution in [1.29, 1.82) is 0 Å². The van der Waals surface area contributed by atoms with Crippen LogP contribution < -0.4 is 5.32 Å². The Hall–Kier alpha value is -1.95. The first-order valence-corrected chi connectivity index (χ1v) is 8.00. The molecule has 0 heterocycles. The summed E-state index contributed by atoms with van der Waals surface area (Å²) in [5.74, 6) is -2.60. The van der Waals surface area contributed by atoms with Gasteiger partial charge >= 0.3 is 5.97 Å². The summed E-state index contributed by atoms with van der Waals surface area (Å²) in [4.78, 5) is 22.6. The molecular formula is C17H22FNO4. The highest BCUT2D eigenvalue weighted by molar-refractivity contribution is 5.96. The number of aromatic carboxylic acids is 1. The predicted molar refractivity (Wildman–Crippen MR) is 83.1 cm³/mol. The van der Waals surface area contributed by atoms with Gasteiger partial charge < -0.3 is 15.2 Å². The smallest absolute Gasteiger partial charge is 0.335 e. The molecule has 0 radical (unpaired) electrons. The van der Waals surface area contributed by atoms with Crippen LogP contribution in [0, 0.1) is 5.82 Å². The summed E-state index contributed by atoms with van der Waals surface area (Å²) in [6.45, 7) is 0.969. The topological polar surface area (TPSA) is 75.6 Å². The maximum atomic E-state index is 13.7. The van der Waals surface area contributed by atoms with Gasteiger partial charge in [-0.15, -0.1) is 0 Å². The van der Waals surface area contributed by atoms with Crippen LogP contribution >= 0.6 is 0 Å². The maximum Gasteiger partial charge on any atom is 0.335 e. The summed E-state index contributed by atoms with van der Waals surface area (Å²) in [5.41, 5.74) is -0.330. The molecule has 0 bridgehead atoms. The summed E-state index contributed by atoms with van der Waals surface area (Å²) < 4.78 is 19.5. The Balaban J connectivity index is 1.71. The second-order valence-electron chi connectivity index (χ2n) is 5.74. The number of rotatable bonds is 7. The van der Waals surface area contributed by atoms with Gasteiger partial charge in [0.2, 0.25) is 0 Å². The fourth-order valence-electron chi connectivity index (χ4n) is 2.68. The van der Waals surface area contributed by atoms with E-state index in [-0.39, 0.29) is 11.1 Å². The van der Waals surface area contributed by atoms with Crippen LogP contribution in [-0.4, -0.2) is 36.2 Å². The molecule has 1 aliphatic carbocycles. The number of nitrogens with one attached hydrogen (secondary N) is 1. The quantitative estimate of drug-likeness (QED) is 0.756. The Bertz CT molecular complexity index is 556. The number of carboxylic acid groups (broad SMARTS) is 1. The number of carbonyl (C=O) groups excluding carboxylic acids is 1. The van der Waals surface area contributed by atoms with Crippen molar-refractivity contribution in [3.8, 4) is 0 Å². The molecule has 1 aliphatic rings. The van der Waals surface area contributed by atoms with E-state index in [1.165, 1.54) is 31.4 Å². The minimum Gasteiger partial charge on any atom is -0.478 e. The molecule has 0 atom stereocenters. The lowest BCUT2D eigenvalue weighted by molar-refractivity contribution is 0.0273. The van der Waals surface area contributed by atoms with Crippen LogP contribution in [0.4, 0.5) is 4.39 Å². The molecule has 126 valence electrons. The van der Waals surface area contributed by atoms with Crippen LogP contribution in [0.3, 0.4) is 0 Å². The van der Waals surface area contributed by atoms with E-state index in [9.17, 15) is 14.0 Å². The molecule has 23 heavy (non-hydrogen) atoms. The zero-order valence-electron chi connectivity index (χ0n) is 13.0. The van der Waals surface area contributed by atoms with Crippen molar-refractivity contribution in [2.45, 2.75) is 44.6 Å². The lowest BCUT2D eigenvalue weighted by atomic mass is 9.98. The largest absolute Gasteiger partial charge is 0.478 e. The molecule has 0 spiro atoms. The van der Waals surface area contributed by atoms with E-state index in [1.807, 2.05) is 0 Å². The summed E-state index contributed by atoms with van der Waals surface area (Å²) in [7, 11) is 0. The highest BCUT2D eigenvalue weighted by Crippen LogP contribution is 2.20. The zero-order valence-corrected chi connectivity index (χ0v) is 13.0. The van der Waals surface area contributed by atoms with E-state index in [2.05, 4.69) is 5.32 Å². The molecule has 2 N–H and O–H groups in total. The molecule has 0 aromatic heterocycles. The third-order valence-corrected chi connectivity index (χ3v) is 3.97. The molecule has 1 saturated carbocycles. The molecule has 2 rings (SSSR count). The van der Waals surface area contributed by atoms with Crippen molar-refractivity contribution in [2.75, 3.05) is 13.2 Å². The van der Waals surface area contributed by atoms with Gasteiger partial charge in [0.15, 0.2) is 0 Å². The number of halogens is 1. The van der Waals surface area contributed by atoms with E-state index >= 15 is 0 Å². The summed E-state index contributed by atoms with van der Waals surface area (Å²) in [6, 6.07) is 3.25. The third-order valence-electron chi connectivity index (χ3n) is 3.97. The minimum absolute atomic E-state index is 0.150. The summed E-state index contributed by atoms with van der Waals surface area (Å²) in [6.07, 6.45) is 6.92. The van der Waals surface area contributed by atoms with Gasteiger partial charge in [0.05, 0.1) is 17.2 Å². The average Bonchev–Trinajstić information content (AvgIpc) is 2.55. The van der Waals surface area contributed by atoms with E-state index in [4.69, 9.17) is 9.84 Å². The number of carbonyl (C=O) groups is 2. The first kappa shape index (κ1) is 17.4. The van der Waals surface area contributed by atoms with Crippen molar-refractivity contribution in [2.24, 2.45) is 0 Å². The monoisotopic (exact) mass is 323 g/mol. The first-order valence-electron chi connectivity index (χ1n) is 8.00. The van der Waals surface area contributed by atoms with Gasteiger partial charge in [-0.05, 0) is 37.5 Å². The third kappa shape index (κ3) is 5.32. The molecule has 1 aromatic rings. The Kier molecular flexibility index (Phi) is 6.52. The van der Waals surface area contributed by atoms with Crippen LogP contribution in [0.5, 0.6) is 0 Å². The van der Waals surface area contributed by atoms with Gasteiger partial charge in [-0.3, -0.25) is 4.79 Å². The second kappa shape index (κ2) is 8.62. The number of hydrogen-bond acceptors (Lipinski definition) is 3. The van der Waals surface area contributed by atoms with Crippen LogP contribution in [-0.2, 0) is 4.74 Å². The van der Waals surface area contributed by atoms with Crippen LogP contribution in [0.15, 0.2) is 18.2 Å². The van der Waals surface area contributed by atoms with Gasteiger partial charge in [0.1, 0.15) is 5.82 Å². The number of amides is 1. The normalized spacial score (nSPS) is 15.3. The lowest BCUT2D eigenvalue weighted by Crippen LogP contribution is -2.27. The number of hydrogen-bond donors (Lipinski definition) is 2. The van der Waals surface area contributed by atoms with E-state index < -0.39 is 17.7 Å². The SMILES string of the molecule is O=C(O)c1ccc(C(=O)NCCCOC2CCCCC2)c(F)c1. The molecule has 0 saturated heterocycles. The van der Waals surface area contributed by atoms with Crippen molar-refractivity contribution in [3.63, 3.8) is 0 Å². The van der Waals surface area contributed by atoms with Crippen molar-refractivity contribution in [1.82, 2.24) is 5.32 Å². The van der Waals surface area contributed by atoms with Crippen LogP contribution in [0.25, 0.3) is 0 Å². The van der Waals surface area contributed by atoms with Crippen LogP contribution in [0.2, 0.25) is 0 Å². The van der Waals surface area contributed by atoms with Crippen LogP contribution in [0.1, 0.15) is 59.2 Å². The average molecular weight is 323 g/mol. The van der Waals surface area contributed by atoms with Gasteiger partial charge in [-0.2, -0.15) is 0 Å². The Labute approximate surface area is 134 Å². The molecule has 6 heteroatoms. The second-order valence-corrected chi connectivity index (χ2v) is 5.74. The molecule has 1 aromatic carbocycles. The van der Waals surface area contributed by atoms with Gasteiger partial charge in [-0.1, -0.05) is 19.3 Å². The lowest BCUT2D eigenvalue weighted by Gasteiger charge is -2.21. The van der Waals surface area contributed by atoms with E-state index in [0.29, 0.717) is 25.7 Å². The number of carboxylic acids is 1. The Morgan fingerprint density at radius 3 is 2.65 bits per heavy atom. The Morgan fingerprint density at radius 2 is 2.00 bits per heavy atom. The van der Waals surface area contributed by atoms with Crippen molar-refractivity contribution < 1.29 is 23.8 Å². The number of ether oxygens (including phenoxy) is 1. The molecule has 0 aliphatic heterocycles. The van der Waals surface area contributed by atoms with Gasteiger partial charge in [-0.25, -0.2) is 9.18 Å². The summed E-state index contributed by atoms with van der Waals surface area (Å²) >= 11 is 0. The van der Waals surface area contributed by atoms with Crippen molar-refractivity contribution >= 4 is 11.9 Å². The highest BCUT2D eigenvalue weighted by atomic mass is 19.1. The van der Waals surface area contributed by atoms with E-state index in [1.54, 1.807) is 0 Å². The Morgan fingerprint density at radius 1 is 1.26 bits per heavy atom. The van der Waals surface area contributed by atoms with Gasteiger partial charge in [0.25, 0.3) is 5.91 Å². The molecule has 5 nitrogen and oxygen atoms in total. The first-order chi connectivity index (χ1) is 11.1. The highest BCUT2D eigenvalue weighted by Gasteiger charge is 2.15. The van der Waals surface area contributed by atoms with E-state index in [0.717, 1.165) is 18.9 Å². The molecular weight excluding hydrogens is 301 g/mol. The molecule has 1 amide bonds. The fraction of sp³-hybridized carbons (Fsp3) is 0.529. The van der Waals surface area contributed by atoms with Gasteiger partial charge in [0, 0.05) is 13.2 Å². The zero-order chi connectivity index (χ0) is 16.7. The summed E-state index contributed by atoms with van der Waals surface area (Å²) in [5, 5.41) is 11.4. The predicted octanol–water partition coefficient (Wildman–Crippen LogP) is 2.99. The fourth-order valence-corrected chi connectivity index (χ4v) is 2.68.